The number of rotatable bonds is 6. The van der Waals surface area contributed by atoms with Crippen LogP contribution in [0.1, 0.15) is 18.7 Å². The first kappa shape index (κ1) is 15.7. The summed E-state index contributed by atoms with van der Waals surface area (Å²) in [5.74, 6) is 1.45. The van der Waals surface area contributed by atoms with E-state index < -0.39 is 0 Å². The van der Waals surface area contributed by atoms with E-state index in [0.717, 1.165) is 17.3 Å². The van der Waals surface area contributed by atoms with Gasteiger partial charge in [0.05, 0.1) is 31.1 Å². The molecule has 1 N–H and O–H groups in total. The summed E-state index contributed by atoms with van der Waals surface area (Å²) in [5, 5.41) is 3.92. The summed E-state index contributed by atoms with van der Waals surface area (Å²) in [5.41, 5.74) is 1.71. The molecule has 1 aromatic heterocycles. The molecule has 0 aliphatic rings. The number of nitrogens with one attached hydrogen (secondary N) is 1. The molecule has 0 spiro atoms. The normalized spacial score (nSPS) is 12.2. The van der Waals surface area contributed by atoms with Gasteiger partial charge in [-0.3, -0.25) is 0 Å². The fourth-order valence-corrected chi connectivity index (χ4v) is 2.34. The highest BCUT2D eigenvalue weighted by atomic mass is 35.5. The van der Waals surface area contributed by atoms with E-state index in [9.17, 15) is 0 Å². The summed E-state index contributed by atoms with van der Waals surface area (Å²) in [7, 11) is 3.31. The predicted molar refractivity (Wildman–Crippen MR) is 84.8 cm³/mol. The van der Waals surface area contributed by atoms with Gasteiger partial charge in [0.15, 0.2) is 0 Å². The summed E-state index contributed by atoms with van der Waals surface area (Å²) >= 11 is 6.05. The van der Waals surface area contributed by atoms with Gasteiger partial charge in [0.1, 0.15) is 5.75 Å². The van der Waals surface area contributed by atoms with Crippen LogP contribution in [-0.2, 0) is 4.74 Å². The fraction of sp³-hybridized carbons (Fsp3) is 0.400. The van der Waals surface area contributed by atoms with Gasteiger partial charge in [-0.05, 0) is 32.0 Å². The van der Waals surface area contributed by atoms with Gasteiger partial charge in [0.25, 0.3) is 0 Å². The number of imidazole rings is 1. The molecule has 6 heteroatoms. The number of methoxy groups -OCH3 is 2. The lowest BCUT2D eigenvalue weighted by Crippen LogP contribution is -2.13. The molecule has 114 valence electrons. The van der Waals surface area contributed by atoms with Crippen molar-refractivity contribution < 1.29 is 9.47 Å². The van der Waals surface area contributed by atoms with Gasteiger partial charge in [-0.25, -0.2) is 4.98 Å². The van der Waals surface area contributed by atoms with Gasteiger partial charge in [0.2, 0.25) is 5.95 Å². The van der Waals surface area contributed by atoms with Gasteiger partial charge in [0, 0.05) is 18.3 Å². The second-order valence-corrected chi connectivity index (χ2v) is 5.32. The quantitative estimate of drug-likeness (QED) is 0.881. The Labute approximate surface area is 129 Å². The Kier molecular flexibility index (Phi) is 5.09. The Bertz CT molecular complexity index is 613. The first-order valence-electron chi connectivity index (χ1n) is 6.70. The molecule has 1 atom stereocenters. The number of ether oxygens (including phenoxy) is 2. The van der Waals surface area contributed by atoms with Crippen molar-refractivity contribution in [2.75, 3.05) is 26.1 Å². The molecular weight excluding hydrogens is 290 g/mol. The molecule has 0 saturated carbocycles. The van der Waals surface area contributed by atoms with E-state index in [2.05, 4.69) is 17.2 Å². The van der Waals surface area contributed by atoms with Crippen LogP contribution in [0.5, 0.6) is 5.75 Å². The fourth-order valence-electron chi connectivity index (χ4n) is 2.16. The number of aryl methyl sites for hydroxylation is 1. The summed E-state index contributed by atoms with van der Waals surface area (Å²) in [6.07, 6.45) is 1.99. The lowest BCUT2D eigenvalue weighted by Gasteiger charge is -2.17. The van der Waals surface area contributed by atoms with Crippen LogP contribution in [-0.4, -0.2) is 30.4 Å². The first-order valence-corrected chi connectivity index (χ1v) is 7.08. The molecule has 0 saturated heterocycles. The Hall–Kier alpha value is -1.72. The zero-order valence-electron chi connectivity index (χ0n) is 12.7. The molecule has 0 fully saturated rings. The second kappa shape index (κ2) is 6.83. The minimum absolute atomic E-state index is 0.170. The van der Waals surface area contributed by atoms with Crippen molar-refractivity contribution in [3.05, 3.63) is 35.1 Å². The van der Waals surface area contributed by atoms with E-state index in [1.165, 1.54) is 0 Å². The highest BCUT2D eigenvalue weighted by Crippen LogP contribution is 2.31. The Balaban J connectivity index is 2.33. The molecule has 0 bridgehead atoms. The molecule has 0 amide bonds. The van der Waals surface area contributed by atoms with E-state index >= 15 is 0 Å². The smallest absolute Gasteiger partial charge is 0.208 e. The van der Waals surface area contributed by atoms with Crippen molar-refractivity contribution in [3.63, 3.8) is 0 Å². The highest BCUT2D eigenvalue weighted by molar-refractivity contribution is 6.30. The number of hydrogen-bond acceptors (Lipinski definition) is 4. The van der Waals surface area contributed by atoms with E-state index in [-0.39, 0.29) is 6.04 Å². The highest BCUT2D eigenvalue weighted by Gasteiger charge is 2.14. The predicted octanol–water partition coefficient (Wildman–Crippen LogP) is 3.80. The Morgan fingerprint density at radius 2 is 2.14 bits per heavy atom. The maximum atomic E-state index is 6.05. The molecule has 21 heavy (non-hydrogen) atoms. The third-order valence-corrected chi connectivity index (χ3v) is 3.38. The lowest BCUT2D eigenvalue weighted by atomic mass is 10.3. The number of benzene rings is 1. The van der Waals surface area contributed by atoms with Crippen LogP contribution in [0.25, 0.3) is 0 Å². The molecule has 1 unspecified atom stereocenters. The van der Waals surface area contributed by atoms with E-state index in [4.69, 9.17) is 21.1 Å². The maximum absolute atomic E-state index is 6.05. The van der Waals surface area contributed by atoms with Crippen LogP contribution in [0.4, 0.5) is 11.6 Å². The number of hydrogen-bond donors (Lipinski definition) is 1. The zero-order valence-corrected chi connectivity index (χ0v) is 13.4. The van der Waals surface area contributed by atoms with Crippen molar-refractivity contribution in [2.24, 2.45) is 0 Å². The SMILES string of the molecule is COCC(C)n1cc(C)nc1Nc1cc(Cl)ccc1OC. The molecule has 1 heterocycles. The van der Waals surface area contributed by atoms with Crippen molar-refractivity contribution in [3.8, 4) is 5.75 Å². The van der Waals surface area contributed by atoms with Gasteiger partial charge in [-0.1, -0.05) is 11.6 Å². The molecule has 0 aliphatic heterocycles. The van der Waals surface area contributed by atoms with Crippen LogP contribution < -0.4 is 10.1 Å². The van der Waals surface area contributed by atoms with Crippen LogP contribution in [0.3, 0.4) is 0 Å². The van der Waals surface area contributed by atoms with Crippen LogP contribution in [0.2, 0.25) is 5.02 Å². The number of aromatic nitrogens is 2. The second-order valence-electron chi connectivity index (χ2n) is 4.89. The van der Waals surface area contributed by atoms with Gasteiger partial charge >= 0.3 is 0 Å². The number of nitrogens with zero attached hydrogens (tertiary/aromatic N) is 2. The molecule has 5 nitrogen and oxygen atoms in total. The Morgan fingerprint density at radius 3 is 2.81 bits per heavy atom. The monoisotopic (exact) mass is 309 g/mol. The summed E-state index contributed by atoms with van der Waals surface area (Å²) in [4.78, 5) is 4.51. The first-order chi connectivity index (χ1) is 10.0. The molecular formula is C15H20ClN3O2. The van der Waals surface area contributed by atoms with Crippen molar-refractivity contribution in [2.45, 2.75) is 19.9 Å². The number of halogens is 1. The van der Waals surface area contributed by atoms with Gasteiger partial charge in [-0.2, -0.15) is 0 Å². The lowest BCUT2D eigenvalue weighted by molar-refractivity contribution is 0.163. The minimum atomic E-state index is 0.170. The van der Waals surface area contributed by atoms with Crippen molar-refractivity contribution >= 4 is 23.2 Å². The van der Waals surface area contributed by atoms with Crippen molar-refractivity contribution in [1.29, 1.82) is 0 Å². The zero-order chi connectivity index (χ0) is 15.4. The third kappa shape index (κ3) is 3.68. The minimum Gasteiger partial charge on any atom is -0.495 e. The van der Waals surface area contributed by atoms with Gasteiger partial charge < -0.3 is 19.4 Å². The molecule has 2 rings (SSSR count). The topological polar surface area (TPSA) is 48.3 Å². The van der Waals surface area contributed by atoms with Crippen LogP contribution in [0, 0.1) is 6.92 Å². The van der Waals surface area contributed by atoms with E-state index in [0.29, 0.717) is 17.4 Å². The average molecular weight is 310 g/mol. The van der Waals surface area contributed by atoms with E-state index in [1.54, 1.807) is 20.3 Å². The third-order valence-electron chi connectivity index (χ3n) is 3.14. The summed E-state index contributed by atoms with van der Waals surface area (Å²) in [6, 6.07) is 5.60. The molecule has 2 aromatic rings. The van der Waals surface area contributed by atoms with Gasteiger partial charge in [-0.15, -0.1) is 0 Å². The summed E-state index contributed by atoms with van der Waals surface area (Å²) in [6.45, 7) is 4.64. The van der Waals surface area contributed by atoms with Crippen molar-refractivity contribution in [1.82, 2.24) is 9.55 Å². The molecule has 0 aliphatic carbocycles. The number of anilines is 2. The van der Waals surface area contributed by atoms with Crippen LogP contribution in [0.15, 0.2) is 24.4 Å². The summed E-state index contributed by atoms with van der Waals surface area (Å²) < 4.78 is 12.6. The largest absolute Gasteiger partial charge is 0.495 e. The maximum Gasteiger partial charge on any atom is 0.208 e. The standard InChI is InChI=1S/C15H20ClN3O2/c1-10-8-19(11(2)9-20-3)15(17-10)18-13-7-12(16)5-6-14(13)21-4/h5-8,11H,9H2,1-4H3,(H,17,18). The average Bonchev–Trinajstić information content (AvgIpc) is 2.80. The Morgan fingerprint density at radius 1 is 1.38 bits per heavy atom. The molecule has 1 aromatic carbocycles. The van der Waals surface area contributed by atoms with E-state index in [1.807, 2.05) is 29.8 Å². The van der Waals surface area contributed by atoms with Crippen LogP contribution >= 0.6 is 11.6 Å². The molecule has 0 radical (unpaired) electrons.